The van der Waals surface area contributed by atoms with Crippen molar-refractivity contribution in [3.05, 3.63) is 18.2 Å². The summed E-state index contributed by atoms with van der Waals surface area (Å²) in [6.07, 6.45) is 4.50. The summed E-state index contributed by atoms with van der Waals surface area (Å²) >= 11 is 0. The monoisotopic (exact) mass is 194 g/mol. The third-order valence-corrected chi connectivity index (χ3v) is 1.06. The van der Waals surface area contributed by atoms with Gasteiger partial charge in [0.25, 0.3) is 0 Å². The minimum absolute atomic E-state index is 0. The Labute approximate surface area is 104 Å². The quantitative estimate of drug-likeness (QED) is 0.533. The topological polar surface area (TPSA) is 28.7 Å². The number of hydrogen-bond donors (Lipinski definition) is 1. The molecule has 0 aliphatic rings. The average Bonchev–Trinajstić information content (AvgIpc) is 2.12. The molecule has 44 valence electrons. The normalized spacial score (nSPS) is 9.22. The predicted molar refractivity (Wildman–Crippen MR) is 31.5 cm³/mol. The largest absolute Gasteiger partial charge is 1.00 e. The average molecular weight is 195 g/mol. The van der Waals surface area contributed by atoms with Crippen LogP contribution in [0.5, 0.6) is 0 Å². The number of nitrogens with zero attached hydrogens (tertiary/aromatic N) is 1. The van der Waals surface area contributed by atoms with Gasteiger partial charge in [-0.25, -0.2) is 0 Å². The van der Waals surface area contributed by atoms with Crippen molar-refractivity contribution in [3.63, 3.8) is 0 Å². The van der Waals surface area contributed by atoms with E-state index in [1.54, 1.807) is 0 Å². The van der Waals surface area contributed by atoms with E-state index in [1.165, 1.54) is 0 Å². The Bertz CT molecular complexity index is 146. The maximum absolute atomic E-state index is 3.94. The van der Waals surface area contributed by atoms with Gasteiger partial charge < -0.3 is 9.97 Å². The summed E-state index contributed by atoms with van der Waals surface area (Å²) in [6, 6.07) is 0. The van der Waals surface area contributed by atoms with Crippen molar-refractivity contribution in [2.75, 3.05) is 0 Å². The van der Waals surface area contributed by atoms with Crippen molar-refractivity contribution in [1.29, 1.82) is 0 Å². The second-order valence-electron chi connectivity index (χ2n) is 2.09. The molecular weight excluding hydrogens is 186 g/mol. The third-order valence-electron chi connectivity index (χ3n) is 1.06. The minimum Gasteiger partial charge on any atom is -0.467 e. The van der Waals surface area contributed by atoms with Gasteiger partial charge >= 0.3 is 58.2 Å². The molecule has 0 bridgehead atoms. The van der Waals surface area contributed by atoms with E-state index in [1.807, 2.05) is 6.20 Å². The first-order valence-corrected chi connectivity index (χ1v) is 2.72. The summed E-state index contributed by atoms with van der Waals surface area (Å²) in [5, 5.41) is 0. The third kappa shape index (κ3) is 3.07. The smallest absolute Gasteiger partial charge is 0.467 e. The first-order valence-electron chi connectivity index (χ1n) is 2.72. The van der Waals surface area contributed by atoms with E-state index in [9.17, 15) is 0 Å². The van der Waals surface area contributed by atoms with Crippen LogP contribution in [0.3, 0.4) is 0 Å². The Morgan fingerprint density at radius 3 is 2.56 bits per heavy atom. The summed E-state index contributed by atoms with van der Waals surface area (Å²) < 4.78 is 0. The molecular formula is C6H9N2Rb. The van der Waals surface area contributed by atoms with Crippen LogP contribution in [0, 0.1) is 6.33 Å². The zero-order valence-electron chi connectivity index (χ0n) is 6.10. The van der Waals surface area contributed by atoms with Gasteiger partial charge in [0.2, 0.25) is 0 Å². The maximum Gasteiger partial charge on any atom is 1.00 e. The van der Waals surface area contributed by atoms with Crippen molar-refractivity contribution in [1.82, 2.24) is 9.97 Å². The molecule has 0 unspecified atom stereocenters. The van der Waals surface area contributed by atoms with Gasteiger partial charge in [0.1, 0.15) is 0 Å². The molecule has 0 fully saturated rings. The molecule has 9 heavy (non-hydrogen) atoms. The van der Waals surface area contributed by atoms with Gasteiger partial charge in [-0.15, -0.1) is 6.20 Å². The van der Waals surface area contributed by atoms with Crippen LogP contribution in [0.2, 0.25) is 0 Å². The fourth-order valence-electron chi connectivity index (χ4n) is 0.531. The number of H-pyrrole nitrogens is 1. The predicted octanol–water partition coefficient (Wildman–Crippen LogP) is -1.66. The van der Waals surface area contributed by atoms with E-state index in [0.717, 1.165) is 5.69 Å². The number of rotatable bonds is 1. The minimum atomic E-state index is 0. The molecule has 0 aromatic carbocycles. The number of imidazole rings is 1. The molecule has 0 saturated heterocycles. The number of aromatic amines is 1. The Hall–Kier alpha value is 1.02. The van der Waals surface area contributed by atoms with Gasteiger partial charge in [-0.3, -0.25) is 0 Å². The van der Waals surface area contributed by atoms with Crippen LogP contribution in [-0.2, 0) is 0 Å². The molecule has 0 aliphatic heterocycles. The van der Waals surface area contributed by atoms with Gasteiger partial charge in [-0.05, 0) is 6.33 Å². The molecule has 2 nitrogen and oxygen atoms in total. The molecule has 0 amide bonds. The molecule has 0 radical (unpaired) electrons. The van der Waals surface area contributed by atoms with Crippen LogP contribution in [0.25, 0.3) is 0 Å². The van der Waals surface area contributed by atoms with Crippen molar-refractivity contribution in [2.24, 2.45) is 0 Å². The van der Waals surface area contributed by atoms with Gasteiger partial charge in [0.05, 0.1) is 0 Å². The first-order chi connectivity index (χ1) is 3.80. The summed E-state index contributed by atoms with van der Waals surface area (Å²) in [6.45, 7) is 4.20. The standard InChI is InChI=1S/C6H9N2.Rb/c1-5(2)6-3-7-4-8-6;/h3,5H,1-2H3,(H,7,8);/q-1;+1. The molecule has 0 aliphatic carbocycles. The van der Waals surface area contributed by atoms with Crippen LogP contribution in [-0.4, -0.2) is 9.97 Å². The summed E-state index contributed by atoms with van der Waals surface area (Å²) in [7, 11) is 0. The van der Waals surface area contributed by atoms with Crippen molar-refractivity contribution in [2.45, 2.75) is 19.8 Å². The molecule has 3 heteroatoms. The van der Waals surface area contributed by atoms with E-state index in [-0.39, 0.29) is 58.2 Å². The summed E-state index contributed by atoms with van der Waals surface area (Å²) in [5.41, 5.74) is 1.07. The fourth-order valence-corrected chi connectivity index (χ4v) is 0.531. The molecule has 1 heterocycles. The number of nitrogens with one attached hydrogen (secondary N) is 1. The molecule has 0 spiro atoms. The van der Waals surface area contributed by atoms with Crippen LogP contribution >= 0.6 is 0 Å². The Balaban J connectivity index is 0.000000640. The number of hydrogen-bond acceptors (Lipinski definition) is 1. The van der Waals surface area contributed by atoms with E-state index < -0.39 is 0 Å². The fraction of sp³-hybridized carbons (Fsp3) is 0.500. The zero-order valence-corrected chi connectivity index (χ0v) is 11.0. The molecule has 0 saturated carbocycles. The van der Waals surface area contributed by atoms with E-state index >= 15 is 0 Å². The Morgan fingerprint density at radius 1 is 1.67 bits per heavy atom. The second-order valence-corrected chi connectivity index (χ2v) is 2.09. The SMILES string of the molecule is CC(C)c1c[nH][c-]n1.[Rb+]. The molecule has 1 aromatic heterocycles. The van der Waals surface area contributed by atoms with Crippen molar-refractivity contribution in [3.8, 4) is 0 Å². The summed E-state index contributed by atoms with van der Waals surface area (Å²) in [4.78, 5) is 6.71. The maximum atomic E-state index is 3.94. The zero-order chi connectivity index (χ0) is 5.98. The van der Waals surface area contributed by atoms with E-state index in [0.29, 0.717) is 5.92 Å². The second kappa shape index (κ2) is 4.77. The molecule has 0 atom stereocenters. The Morgan fingerprint density at radius 2 is 2.33 bits per heavy atom. The van der Waals surface area contributed by atoms with Crippen LogP contribution in [0.15, 0.2) is 6.20 Å². The van der Waals surface area contributed by atoms with Gasteiger partial charge in [-0.1, -0.05) is 25.5 Å². The van der Waals surface area contributed by atoms with Crippen LogP contribution < -0.4 is 58.2 Å². The van der Waals surface area contributed by atoms with Gasteiger partial charge in [-0.2, -0.15) is 0 Å². The van der Waals surface area contributed by atoms with Crippen molar-refractivity contribution < 1.29 is 58.2 Å². The molecule has 1 N–H and O–H groups in total. The first kappa shape index (κ1) is 10.0. The van der Waals surface area contributed by atoms with E-state index in [2.05, 4.69) is 30.1 Å². The van der Waals surface area contributed by atoms with Gasteiger partial charge in [0.15, 0.2) is 0 Å². The van der Waals surface area contributed by atoms with Crippen LogP contribution in [0.4, 0.5) is 0 Å². The van der Waals surface area contributed by atoms with Crippen molar-refractivity contribution >= 4 is 0 Å². The Kier molecular flexibility index (Phi) is 5.31. The summed E-state index contributed by atoms with van der Waals surface area (Å²) in [5.74, 6) is 0.512. The van der Waals surface area contributed by atoms with Gasteiger partial charge in [0, 0.05) is 0 Å². The van der Waals surface area contributed by atoms with Crippen LogP contribution in [0.1, 0.15) is 25.5 Å². The van der Waals surface area contributed by atoms with E-state index in [4.69, 9.17) is 0 Å². The molecule has 1 rings (SSSR count). The number of aromatic nitrogens is 2. The molecule has 1 aromatic rings.